The molecule has 0 aromatic carbocycles. The molecule has 0 spiro atoms. The maximum atomic E-state index is 5.37. The van der Waals surface area contributed by atoms with Gasteiger partial charge in [-0.15, -0.1) is 9.77 Å². The molecular weight excluding hydrogens is 104 g/mol. The maximum Gasteiger partial charge on any atom is 0.286 e. The Morgan fingerprint density at radius 3 is 3.00 bits per heavy atom. The standard InChI is InChI=1S/C4H8N4/c1-2-4-7-6-3-8(4)5/h3H,2,5H2,1H3/p+1. The zero-order valence-corrected chi connectivity index (χ0v) is 4.76. The summed E-state index contributed by atoms with van der Waals surface area (Å²) in [7, 11) is 0. The molecule has 0 atom stereocenters. The number of aromatic amines is 1. The lowest BCUT2D eigenvalue weighted by molar-refractivity contribution is -0.646. The number of nitrogen functional groups attached to an aromatic ring is 1. The highest BCUT2D eigenvalue weighted by Crippen LogP contribution is 1.78. The molecule has 0 saturated carbocycles. The Hall–Kier alpha value is -1.06. The summed E-state index contributed by atoms with van der Waals surface area (Å²) in [4.78, 5) is 0. The lowest BCUT2D eigenvalue weighted by atomic mass is 10.5. The molecule has 0 radical (unpaired) electrons. The second-order valence-electron chi connectivity index (χ2n) is 1.56. The minimum atomic E-state index is 0.885. The van der Waals surface area contributed by atoms with Crippen LogP contribution in [0.5, 0.6) is 0 Å². The Kier molecular flexibility index (Phi) is 1.15. The number of aromatic nitrogens is 3. The predicted molar refractivity (Wildman–Crippen MR) is 28.3 cm³/mol. The van der Waals surface area contributed by atoms with Gasteiger partial charge in [0, 0.05) is 11.5 Å². The number of hydrogen-bond acceptors (Lipinski definition) is 2. The van der Waals surface area contributed by atoms with E-state index in [1.54, 1.807) is 6.33 Å². The van der Waals surface area contributed by atoms with Gasteiger partial charge < -0.3 is 0 Å². The molecule has 1 aromatic heterocycles. The molecule has 1 heterocycles. The zero-order chi connectivity index (χ0) is 5.98. The van der Waals surface area contributed by atoms with Crippen LogP contribution in [0.3, 0.4) is 0 Å². The van der Waals surface area contributed by atoms with Crippen LogP contribution in [0.2, 0.25) is 0 Å². The summed E-state index contributed by atoms with van der Waals surface area (Å²) < 4.78 is 1.47. The number of H-pyrrole nitrogens is 1. The lowest BCUT2D eigenvalue weighted by Gasteiger charge is -1.83. The van der Waals surface area contributed by atoms with Crippen molar-refractivity contribution in [2.75, 3.05) is 5.84 Å². The van der Waals surface area contributed by atoms with E-state index in [1.807, 2.05) is 6.92 Å². The van der Waals surface area contributed by atoms with E-state index in [9.17, 15) is 0 Å². The first-order valence-electron chi connectivity index (χ1n) is 2.53. The Morgan fingerprint density at radius 1 is 2.00 bits per heavy atom. The van der Waals surface area contributed by atoms with Crippen molar-refractivity contribution in [2.45, 2.75) is 13.3 Å². The highest BCUT2D eigenvalue weighted by Gasteiger charge is 2.01. The first-order chi connectivity index (χ1) is 3.84. The number of nitrogens with one attached hydrogen (secondary N) is 1. The van der Waals surface area contributed by atoms with Gasteiger partial charge in [0.05, 0.1) is 0 Å². The monoisotopic (exact) mass is 113 g/mol. The van der Waals surface area contributed by atoms with Crippen LogP contribution in [0.15, 0.2) is 6.33 Å². The van der Waals surface area contributed by atoms with Crippen LogP contribution in [0.4, 0.5) is 0 Å². The van der Waals surface area contributed by atoms with Crippen molar-refractivity contribution in [1.82, 2.24) is 10.2 Å². The summed E-state index contributed by atoms with van der Waals surface area (Å²) in [6.07, 6.45) is 2.43. The molecular formula is C4H9N4+. The van der Waals surface area contributed by atoms with Gasteiger partial charge in [0.1, 0.15) is 0 Å². The smallest absolute Gasteiger partial charge is 0.286 e. The first kappa shape index (κ1) is 5.08. The molecule has 0 saturated heterocycles. The SMILES string of the molecule is CCc1[nH]nc[n+]1N. The normalized spacial score (nSPS) is 9.62. The van der Waals surface area contributed by atoms with Gasteiger partial charge in [0.2, 0.25) is 0 Å². The van der Waals surface area contributed by atoms with E-state index in [1.165, 1.54) is 4.68 Å². The molecule has 0 aliphatic rings. The van der Waals surface area contributed by atoms with E-state index in [-0.39, 0.29) is 0 Å². The summed E-state index contributed by atoms with van der Waals surface area (Å²) >= 11 is 0. The van der Waals surface area contributed by atoms with Crippen molar-refractivity contribution in [3.05, 3.63) is 12.2 Å². The second kappa shape index (κ2) is 1.81. The topological polar surface area (TPSA) is 58.6 Å². The Labute approximate surface area is 47.3 Å². The van der Waals surface area contributed by atoms with Gasteiger partial charge in [0.25, 0.3) is 12.2 Å². The third-order valence-corrected chi connectivity index (χ3v) is 1.02. The van der Waals surface area contributed by atoms with E-state index in [4.69, 9.17) is 5.84 Å². The minimum absolute atomic E-state index is 0.885. The lowest BCUT2D eigenvalue weighted by Crippen LogP contribution is -2.46. The molecule has 4 heteroatoms. The van der Waals surface area contributed by atoms with Gasteiger partial charge in [-0.05, 0) is 0 Å². The average Bonchev–Trinajstić information content (AvgIpc) is 2.14. The molecule has 0 fully saturated rings. The minimum Gasteiger partial charge on any atom is -0.289 e. The Bertz CT molecular complexity index is 168. The van der Waals surface area contributed by atoms with E-state index in [0.29, 0.717) is 0 Å². The molecule has 0 bridgehead atoms. The fourth-order valence-corrected chi connectivity index (χ4v) is 0.555. The van der Waals surface area contributed by atoms with Crippen LogP contribution in [-0.4, -0.2) is 10.2 Å². The highest BCUT2D eigenvalue weighted by molar-refractivity contribution is 4.65. The quantitative estimate of drug-likeness (QED) is 0.361. The molecule has 0 unspecified atom stereocenters. The highest BCUT2D eigenvalue weighted by atomic mass is 15.4. The molecule has 3 N–H and O–H groups in total. The summed E-state index contributed by atoms with van der Waals surface area (Å²) in [5.41, 5.74) is 0. The summed E-state index contributed by atoms with van der Waals surface area (Å²) in [6.45, 7) is 2.01. The van der Waals surface area contributed by atoms with Crippen molar-refractivity contribution < 1.29 is 4.68 Å². The molecule has 44 valence electrons. The van der Waals surface area contributed by atoms with E-state index < -0.39 is 0 Å². The van der Waals surface area contributed by atoms with Crippen LogP contribution < -0.4 is 10.5 Å². The second-order valence-corrected chi connectivity index (χ2v) is 1.56. The number of hydrogen-bond donors (Lipinski definition) is 2. The van der Waals surface area contributed by atoms with Crippen molar-refractivity contribution in [3.8, 4) is 0 Å². The summed E-state index contributed by atoms with van der Waals surface area (Å²) in [5.74, 6) is 6.31. The van der Waals surface area contributed by atoms with Gasteiger partial charge in [-0.3, -0.25) is 5.84 Å². The third kappa shape index (κ3) is 0.641. The van der Waals surface area contributed by atoms with E-state index in [0.717, 1.165) is 12.2 Å². The molecule has 1 rings (SSSR count). The van der Waals surface area contributed by atoms with Crippen molar-refractivity contribution in [3.63, 3.8) is 0 Å². The van der Waals surface area contributed by atoms with Crippen LogP contribution in [0.1, 0.15) is 12.7 Å². The number of nitrogens with zero attached hydrogens (tertiary/aromatic N) is 2. The molecule has 0 aliphatic carbocycles. The van der Waals surface area contributed by atoms with Crippen molar-refractivity contribution in [2.24, 2.45) is 0 Å². The largest absolute Gasteiger partial charge is 0.289 e. The van der Waals surface area contributed by atoms with Gasteiger partial charge in [-0.1, -0.05) is 6.92 Å². The number of rotatable bonds is 1. The molecule has 8 heavy (non-hydrogen) atoms. The van der Waals surface area contributed by atoms with Gasteiger partial charge >= 0.3 is 0 Å². The van der Waals surface area contributed by atoms with Crippen LogP contribution in [0.25, 0.3) is 0 Å². The van der Waals surface area contributed by atoms with Crippen LogP contribution >= 0.6 is 0 Å². The number of aryl methyl sites for hydroxylation is 1. The zero-order valence-electron chi connectivity index (χ0n) is 4.76. The van der Waals surface area contributed by atoms with E-state index in [2.05, 4.69) is 10.2 Å². The fourth-order valence-electron chi connectivity index (χ4n) is 0.555. The average molecular weight is 113 g/mol. The number of nitrogens with two attached hydrogens (primary N) is 1. The molecule has 1 aromatic rings. The first-order valence-corrected chi connectivity index (χ1v) is 2.53. The van der Waals surface area contributed by atoms with Gasteiger partial charge in [0.15, 0.2) is 0 Å². The van der Waals surface area contributed by atoms with Crippen LogP contribution in [0, 0.1) is 0 Å². The van der Waals surface area contributed by atoms with Crippen molar-refractivity contribution in [1.29, 1.82) is 0 Å². The predicted octanol–water partition coefficient (Wildman–Crippen LogP) is -1.03. The Morgan fingerprint density at radius 2 is 2.75 bits per heavy atom. The molecule has 0 aliphatic heterocycles. The van der Waals surface area contributed by atoms with Gasteiger partial charge in [-0.2, -0.15) is 0 Å². The fraction of sp³-hybridized carbons (Fsp3) is 0.500. The summed E-state index contributed by atoms with van der Waals surface area (Å²) in [5, 5.41) is 6.45. The Balaban J connectivity index is 2.92. The maximum absolute atomic E-state index is 5.37. The molecule has 0 amide bonds. The van der Waals surface area contributed by atoms with E-state index >= 15 is 0 Å². The third-order valence-electron chi connectivity index (χ3n) is 1.02. The molecule has 4 nitrogen and oxygen atoms in total. The van der Waals surface area contributed by atoms with Gasteiger partial charge in [-0.25, -0.2) is 0 Å². The van der Waals surface area contributed by atoms with Crippen LogP contribution in [-0.2, 0) is 6.42 Å². The van der Waals surface area contributed by atoms with Crippen molar-refractivity contribution >= 4 is 0 Å². The summed E-state index contributed by atoms with van der Waals surface area (Å²) in [6, 6.07) is 0.